The van der Waals surface area contributed by atoms with Gasteiger partial charge in [0.15, 0.2) is 6.61 Å². The molecule has 0 aliphatic rings. The van der Waals surface area contributed by atoms with Crippen molar-refractivity contribution in [3.63, 3.8) is 0 Å². The predicted molar refractivity (Wildman–Crippen MR) is 60.3 cm³/mol. The zero-order chi connectivity index (χ0) is 13.5. The van der Waals surface area contributed by atoms with E-state index in [9.17, 15) is 19.7 Å². The van der Waals surface area contributed by atoms with E-state index in [1.165, 1.54) is 0 Å². The minimum Gasteiger partial charge on any atom is -0.463 e. The second-order valence-corrected chi connectivity index (χ2v) is 3.28. The number of rotatable bonds is 6. The molecular weight excluding hydrogens is 244 g/mol. The molecule has 1 aromatic rings. The first-order chi connectivity index (χ1) is 8.56. The van der Waals surface area contributed by atoms with Crippen LogP contribution >= 0.6 is 0 Å². The summed E-state index contributed by atoms with van der Waals surface area (Å²) in [5, 5.41) is 13.1. The van der Waals surface area contributed by atoms with Gasteiger partial charge in [-0.1, -0.05) is 6.92 Å². The number of aromatic nitrogens is 2. The van der Waals surface area contributed by atoms with Crippen LogP contribution in [0.3, 0.4) is 0 Å². The summed E-state index contributed by atoms with van der Waals surface area (Å²) in [5.41, 5.74) is -1.75. The van der Waals surface area contributed by atoms with E-state index in [2.05, 4.69) is 15.3 Å². The Kier molecular flexibility index (Phi) is 4.78. The van der Waals surface area contributed by atoms with Gasteiger partial charge in [0, 0.05) is 6.54 Å². The molecule has 0 aliphatic heterocycles. The van der Waals surface area contributed by atoms with Crippen LogP contribution < -0.4 is 15.6 Å². The Morgan fingerprint density at radius 2 is 2.39 bits per heavy atom. The fourth-order valence-electron chi connectivity index (χ4n) is 1.09. The molecule has 9 nitrogen and oxygen atoms in total. The lowest BCUT2D eigenvalue weighted by Crippen LogP contribution is -2.30. The fourth-order valence-corrected chi connectivity index (χ4v) is 1.09. The molecule has 0 atom stereocenters. The first-order valence-corrected chi connectivity index (χ1v) is 5.17. The molecule has 0 bridgehead atoms. The van der Waals surface area contributed by atoms with Crippen molar-refractivity contribution in [1.29, 1.82) is 0 Å². The minimum absolute atomic E-state index is 0.433. The van der Waals surface area contributed by atoms with Gasteiger partial charge in [0.1, 0.15) is 0 Å². The van der Waals surface area contributed by atoms with E-state index in [0.29, 0.717) is 6.54 Å². The molecule has 98 valence electrons. The molecule has 0 aliphatic carbocycles. The largest absolute Gasteiger partial charge is 0.463 e. The van der Waals surface area contributed by atoms with Crippen LogP contribution in [0.4, 0.5) is 5.69 Å². The van der Waals surface area contributed by atoms with Crippen molar-refractivity contribution in [3.8, 4) is 5.88 Å². The van der Waals surface area contributed by atoms with Crippen LogP contribution in [0.5, 0.6) is 5.88 Å². The number of nitrogens with zero attached hydrogens (tertiary/aromatic N) is 2. The summed E-state index contributed by atoms with van der Waals surface area (Å²) < 4.78 is 4.85. The third-order valence-corrected chi connectivity index (χ3v) is 1.89. The molecule has 0 spiro atoms. The van der Waals surface area contributed by atoms with Crippen LogP contribution in [0.1, 0.15) is 13.3 Å². The summed E-state index contributed by atoms with van der Waals surface area (Å²) in [4.78, 5) is 37.7. The Hall–Kier alpha value is -2.45. The third kappa shape index (κ3) is 3.54. The van der Waals surface area contributed by atoms with Gasteiger partial charge in [-0.05, 0) is 6.42 Å². The summed E-state index contributed by atoms with van der Waals surface area (Å²) in [5.74, 6) is -0.913. The molecule has 0 radical (unpaired) electrons. The number of nitrogens with one attached hydrogen (secondary N) is 2. The van der Waals surface area contributed by atoms with Crippen molar-refractivity contribution >= 4 is 11.6 Å². The van der Waals surface area contributed by atoms with Crippen molar-refractivity contribution in [2.45, 2.75) is 13.3 Å². The standard InChI is InChI=1S/C9H12N4O5/c1-2-3-10-6(14)4-18-9-7(13(16)17)8(15)11-5-12-9/h5H,2-4H2,1H3,(H,10,14)(H,11,12,15). The maximum atomic E-state index is 11.2. The zero-order valence-electron chi connectivity index (χ0n) is 9.63. The van der Waals surface area contributed by atoms with Gasteiger partial charge >= 0.3 is 17.1 Å². The second kappa shape index (κ2) is 6.33. The molecule has 18 heavy (non-hydrogen) atoms. The first-order valence-electron chi connectivity index (χ1n) is 5.17. The molecule has 2 N–H and O–H groups in total. The van der Waals surface area contributed by atoms with E-state index in [-0.39, 0.29) is 0 Å². The molecule has 0 fully saturated rings. The lowest BCUT2D eigenvalue weighted by Gasteiger charge is -2.05. The highest BCUT2D eigenvalue weighted by molar-refractivity contribution is 5.77. The SMILES string of the molecule is CCCNC(=O)COc1nc[nH]c(=O)c1[N+](=O)[O-]. The van der Waals surface area contributed by atoms with E-state index in [1.54, 1.807) is 0 Å². The molecule has 0 saturated carbocycles. The smallest absolute Gasteiger partial charge is 0.395 e. The Morgan fingerprint density at radius 3 is 3.00 bits per heavy atom. The van der Waals surface area contributed by atoms with Gasteiger partial charge in [-0.3, -0.25) is 19.7 Å². The highest BCUT2D eigenvalue weighted by Gasteiger charge is 2.22. The second-order valence-electron chi connectivity index (χ2n) is 3.28. The number of carbonyl (C=O) groups is 1. The van der Waals surface area contributed by atoms with Crippen molar-refractivity contribution in [1.82, 2.24) is 15.3 Å². The molecule has 1 heterocycles. The highest BCUT2D eigenvalue weighted by atomic mass is 16.6. The lowest BCUT2D eigenvalue weighted by molar-refractivity contribution is -0.387. The number of hydrogen-bond acceptors (Lipinski definition) is 6. The van der Waals surface area contributed by atoms with Gasteiger partial charge in [0.25, 0.3) is 5.91 Å². The average Bonchev–Trinajstić information content (AvgIpc) is 2.33. The Bertz CT molecular complexity index is 498. The van der Waals surface area contributed by atoms with E-state index in [1.807, 2.05) is 6.92 Å². The van der Waals surface area contributed by atoms with Crippen LogP contribution in [0.25, 0.3) is 0 Å². The minimum atomic E-state index is -0.932. The zero-order valence-corrected chi connectivity index (χ0v) is 9.63. The summed E-state index contributed by atoms with van der Waals surface area (Å²) in [6.45, 7) is 1.93. The number of amides is 1. The Balaban J connectivity index is 2.73. The van der Waals surface area contributed by atoms with Crippen LogP contribution in [0, 0.1) is 10.1 Å². The van der Waals surface area contributed by atoms with Crippen molar-refractivity contribution in [2.24, 2.45) is 0 Å². The third-order valence-electron chi connectivity index (χ3n) is 1.89. The van der Waals surface area contributed by atoms with E-state index in [4.69, 9.17) is 4.74 Å². The van der Waals surface area contributed by atoms with Gasteiger partial charge in [0.05, 0.1) is 11.3 Å². The molecule has 0 saturated heterocycles. The van der Waals surface area contributed by atoms with Crippen LogP contribution in [0.15, 0.2) is 11.1 Å². The summed E-state index contributed by atoms with van der Waals surface area (Å²) in [6.07, 6.45) is 1.73. The van der Waals surface area contributed by atoms with E-state index in [0.717, 1.165) is 12.7 Å². The molecule has 9 heteroatoms. The summed E-state index contributed by atoms with van der Waals surface area (Å²) >= 11 is 0. The Morgan fingerprint density at radius 1 is 1.67 bits per heavy atom. The van der Waals surface area contributed by atoms with Crippen LogP contribution in [-0.2, 0) is 4.79 Å². The topological polar surface area (TPSA) is 127 Å². The van der Waals surface area contributed by atoms with Gasteiger partial charge < -0.3 is 15.0 Å². The number of aromatic amines is 1. The molecule has 1 amide bonds. The number of ether oxygens (including phenoxy) is 1. The lowest BCUT2D eigenvalue weighted by atomic mass is 10.4. The average molecular weight is 256 g/mol. The predicted octanol–water partition coefficient (Wildman–Crippen LogP) is -0.417. The molecule has 1 aromatic heterocycles. The van der Waals surface area contributed by atoms with Crippen LogP contribution in [0.2, 0.25) is 0 Å². The highest BCUT2D eigenvalue weighted by Crippen LogP contribution is 2.17. The first kappa shape index (κ1) is 13.6. The normalized spacial score (nSPS) is 9.83. The molecule has 0 unspecified atom stereocenters. The maximum Gasteiger partial charge on any atom is 0.395 e. The quantitative estimate of drug-likeness (QED) is 0.525. The van der Waals surface area contributed by atoms with Gasteiger partial charge in [0.2, 0.25) is 0 Å². The molecular formula is C9H12N4O5. The van der Waals surface area contributed by atoms with E-state index >= 15 is 0 Å². The van der Waals surface area contributed by atoms with Crippen LogP contribution in [-0.4, -0.2) is 34.0 Å². The summed E-state index contributed by atoms with van der Waals surface area (Å²) in [6, 6.07) is 0. The van der Waals surface area contributed by atoms with Crippen molar-refractivity contribution in [3.05, 3.63) is 26.8 Å². The number of carbonyl (C=O) groups excluding carboxylic acids is 1. The summed E-state index contributed by atoms with van der Waals surface area (Å²) in [7, 11) is 0. The fraction of sp³-hybridized carbons (Fsp3) is 0.444. The Labute approximate surface area is 101 Å². The monoisotopic (exact) mass is 256 g/mol. The molecule has 1 rings (SSSR count). The van der Waals surface area contributed by atoms with Crippen molar-refractivity contribution in [2.75, 3.05) is 13.2 Å². The van der Waals surface area contributed by atoms with Gasteiger partial charge in [-0.2, -0.15) is 4.98 Å². The van der Waals surface area contributed by atoms with E-state index < -0.39 is 34.6 Å². The number of hydrogen-bond donors (Lipinski definition) is 2. The van der Waals surface area contributed by atoms with Gasteiger partial charge in [-0.15, -0.1) is 0 Å². The number of H-pyrrole nitrogens is 1. The van der Waals surface area contributed by atoms with Gasteiger partial charge in [-0.25, -0.2) is 0 Å². The molecule has 0 aromatic carbocycles. The number of nitro groups is 1. The van der Waals surface area contributed by atoms with Crippen molar-refractivity contribution < 1.29 is 14.5 Å². The maximum absolute atomic E-state index is 11.2.